The molecule has 1 aromatic carbocycles. The molecule has 0 aromatic heterocycles. The fourth-order valence-corrected chi connectivity index (χ4v) is 3.47. The Bertz CT molecular complexity index is 577. The van der Waals surface area contributed by atoms with E-state index in [0.29, 0.717) is 25.1 Å². The second kappa shape index (κ2) is 9.47. The average molecular weight is 348 g/mol. The van der Waals surface area contributed by atoms with E-state index in [2.05, 4.69) is 10.6 Å². The van der Waals surface area contributed by atoms with E-state index < -0.39 is 0 Å². The van der Waals surface area contributed by atoms with Crippen molar-refractivity contribution in [1.82, 2.24) is 10.6 Å². The molecule has 1 heterocycles. The summed E-state index contributed by atoms with van der Waals surface area (Å²) in [5.41, 5.74) is 1.07. The topological polar surface area (TPSA) is 75.3 Å². The van der Waals surface area contributed by atoms with E-state index in [9.17, 15) is 14.4 Å². The number of hydrogen-bond donors (Lipinski definition) is 2. The van der Waals surface area contributed by atoms with Crippen molar-refractivity contribution in [1.29, 1.82) is 0 Å². The maximum atomic E-state index is 12.7. The van der Waals surface area contributed by atoms with Gasteiger partial charge in [0.1, 0.15) is 0 Å². The first-order valence-corrected chi connectivity index (χ1v) is 9.27. The van der Waals surface area contributed by atoms with Gasteiger partial charge in [-0.25, -0.2) is 0 Å². The lowest BCUT2D eigenvalue weighted by Gasteiger charge is -2.21. The van der Waals surface area contributed by atoms with E-state index in [1.807, 2.05) is 30.3 Å². The zero-order chi connectivity index (χ0) is 17.4. The number of benzene rings is 1. The van der Waals surface area contributed by atoms with Crippen LogP contribution in [-0.4, -0.2) is 35.3 Å². The van der Waals surface area contributed by atoms with Crippen molar-refractivity contribution in [2.75, 3.05) is 12.3 Å². The highest BCUT2D eigenvalue weighted by atomic mass is 32.2. The van der Waals surface area contributed by atoms with Gasteiger partial charge in [-0.2, -0.15) is 0 Å². The first-order chi connectivity index (χ1) is 11.5. The van der Waals surface area contributed by atoms with Crippen LogP contribution in [0.3, 0.4) is 0 Å². The second-order valence-electron chi connectivity index (χ2n) is 6.09. The molecule has 6 heteroatoms. The van der Waals surface area contributed by atoms with Crippen LogP contribution in [0, 0.1) is 5.92 Å². The fraction of sp³-hybridized carbons (Fsp3) is 0.500. The Morgan fingerprint density at radius 2 is 2.08 bits per heavy atom. The van der Waals surface area contributed by atoms with Crippen molar-refractivity contribution in [3.05, 3.63) is 35.9 Å². The Kier molecular flexibility index (Phi) is 7.31. The molecule has 5 nitrogen and oxygen atoms in total. The normalized spacial score (nSPS) is 19.0. The molecule has 1 fully saturated rings. The zero-order valence-corrected chi connectivity index (χ0v) is 14.7. The molecule has 0 saturated carbocycles. The number of hydrogen-bond acceptors (Lipinski definition) is 4. The van der Waals surface area contributed by atoms with E-state index in [0.717, 1.165) is 18.4 Å². The molecule has 2 amide bonds. The summed E-state index contributed by atoms with van der Waals surface area (Å²) < 4.78 is 0. The molecule has 1 aliphatic heterocycles. The molecule has 2 rings (SSSR count). The van der Waals surface area contributed by atoms with Crippen LogP contribution >= 0.6 is 11.8 Å². The summed E-state index contributed by atoms with van der Waals surface area (Å²) in [6, 6.07) is 9.67. The Labute approximate surface area is 147 Å². The van der Waals surface area contributed by atoms with Crippen LogP contribution in [0.4, 0.5) is 0 Å². The van der Waals surface area contributed by atoms with E-state index in [1.165, 1.54) is 18.7 Å². The monoisotopic (exact) mass is 348 g/mol. The smallest absolute Gasteiger partial charge is 0.224 e. The number of carbonyl (C=O) groups is 3. The van der Waals surface area contributed by atoms with Gasteiger partial charge in [0.15, 0.2) is 5.12 Å². The van der Waals surface area contributed by atoms with Crippen LogP contribution in [-0.2, 0) is 20.8 Å². The Morgan fingerprint density at radius 3 is 2.79 bits per heavy atom. The predicted octanol–water partition coefficient (Wildman–Crippen LogP) is 1.91. The van der Waals surface area contributed by atoms with E-state index >= 15 is 0 Å². The highest BCUT2D eigenvalue weighted by Gasteiger charge is 2.25. The highest BCUT2D eigenvalue weighted by molar-refractivity contribution is 8.13. The van der Waals surface area contributed by atoms with Crippen molar-refractivity contribution in [3.8, 4) is 0 Å². The van der Waals surface area contributed by atoms with Gasteiger partial charge in [0, 0.05) is 31.7 Å². The van der Waals surface area contributed by atoms with Gasteiger partial charge < -0.3 is 10.6 Å². The Hall–Kier alpha value is -1.82. The molecule has 0 spiro atoms. The lowest BCUT2D eigenvalue weighted by atomic mass is 9.99. The fourth-order valence-electron chi connectivity index (χ4n) is 2.76. The van der Waals surface area contributed by atoms with Crippen LogP contribution in [0.25, 0.3) is 0 Å². The molecule has 2 atom stereocenters. The van der Waals surface area contributed by atoms with Crippen LogP contribution in [0.5, 0.6) is 0 Å². The molecule has 130 valence electrons. The quantitative estimate of drug-likeness (QED) is 0.823. The van der Waals surface area contributed by atoms with Crippen LogP contribution in [0.15, 0.2) is 30.3 Å². The minimum Gasteiger partial charge on any atom is -0.356 e. The predicted molar refractivity (Wildman–Crippen MR) is 95.6 cm³/mol. The number of thioether (sulfide) groups is 1. The summed E-state index contributed by atoms with van der Waals surface area (Å²) in [5, 5.41) is 5.84. The lowest BCUT2D eigenvalue weighted by molar-refractivity contribution is -0.125. The van der Waals surface area contributed by atoms with Crippen molar-refractivity contribution >= 4 is 28.7 Å². The third kappa shape index (κ3) is 6.35. The van der Waals surface area contributed by atoms with Gasteiger partial charge in [-0.1, -0.05) is 42.1 Å². The van der Waals surface area contributed by atoms with Crippen LogP contribution in [0.2, 0.25) is 0 Å². The van der Waals surface area contributed by atoms with Crippen molar-refractivity contribution in [2.24, 2.45) is 5.92 Å². The zero-order valence-electron chi connectivity index (χ0n) is 13.9. The molecule has 0 aliphatic carbocycles. The van der Waals surface area contributed by atoms with Gasteiger partial charge in [0.05, 0.1) is 5.92 Å². The molecule has 1 saturated heterocycles. The second-order valence-corrected chi connectivity index (χ2v) is 7.29. The van der Waals surface area contributed by atoms with Gasteiger partial charge in [-0.3, -0.25) is 14.4 Å². The number of nitrogens with one attached hydrogen (secondary N) is 2. The molecule has 24 heavy (non-hydrogen) atoms. The highest BCUT2D eigenvalue weighted by Crippen LogP contribution is 2.17. The van der Waals surface area contributed by atoms with Gasteiger partial charge >= 0.3 is 0 Å². The molecule has 1 aromatic rings. The third-order valence-electron chi connectivity index (χ3n) is 4.01. The number of rotatable bonds is 6. The molecule has 2 N–H and O–H groups in total. The first kappa shape index (κ1) is 18.5. The standard InChI is InChI=1S/C18H24N2O3S/c1-13(21)24-12-15(10-14-6-3-2-4-7-14)18(23)20-16-8-5-9-19-17(22)11-16/h2-4,6-7,15-16H,5,8-12H2,1H3,(H,19,22)(H,20,23)/t15?,16-/m0/s1. The number of amides is 2. The Balaban J connectivity index is 1.99. The van der Waals surface area contributed by atoms with Gasteiger partial charge in [0.2, 0.25) is 11.8 Å². The van der Waals surface area contributed by atoms with Crippen molar-refractivity contribution in [3.63, 3.8) is 0 Å². The molecular weight excluding hydrogens is 324 g/mol. The van der Waals surface area contributed by atoms with Crippen LogP contribution < -0.4 is 10.6 Å². The lowest BCUT2D eigenvalue weighted by Crippen LogP contribution is -2.41. The molecule has 1 unspecified atom stereocenters. The van der Waals surface area contributed by atoms with Crippen molar-refractivity contribution in [2.45, 2.75) is 38.6 Å². The van der Waals surface area contributed by atoms with E-state index in [-0.39, 0.29) is 28.9 Å². The third-order valence-corrected chi connectivity index (χ3v) is 4.99. The molecule has 0 radical (unpaired) electrons. The van der Waals surface area contributed by atoms with Gasteiger partial charge in [-0.05, 0) is 24.8 Å². The summed E-state index contributed by atoms with van der Waals surface area (Å²) in [6.07, 6.45) is 2.57. The average Bonchev–Trinajstić information content (AvgIpc) is 2.76. The summed E-state index contributed by atoms with van der Waals surface area (Å²) >= 11 is 1.17. The SMILES string of the molecule is CC(=O)SCC(Cc1ccccc1)C(=O)N[C@H]1CCCNC(=O)C1. The minimum atomic E-state index is -0.285. The summed E-state index contributed by atoms with van der Waals surface area (Å²) in [5.74, 6) is 0.0741. The van der Waals surface area contributed by atoms with Crippen LogP contribution in [0.1, 0.15) is 31.7 Å². The first-order valence-electron chi connectivity index (χ1n) is 8.29. The van der Waals surface area contributed by atoms with Gasteiger partial charge in [-0.15, -0.1) is 0 Å². The number of carbonyl (C=O) groups excluding carboxylic acids is 3. The summed E-state index contributed by atoms with van der Waals surface area (Å²) in [4.78, 5) is 35.6. The van der Waals surface area contributed by atoms with E-state index in [4.69, 9.17) is 0 Å². The van der Waals surface area contributed by atoms with Crippen molar-refractivity contribution < 1.29 is 14.4 Å². The largest absolute Gasteiger partial charge is 0.356 e. The van der Waals surface area contributed by atoms with E-state index in [1.54, 1.807) is 0 Å². The van der Waals surface area contributed by atoms with Gasteiger partial charge in [0.25, 0.3) is 0 Å². The molecule has 1 aliphatic rings. The minimum absolute atomic E-state index is 0.00899. The summed E-state index contributed by atoms with van der Waals surface area (Å²) in [6.45, 7) is 2.18. The maximum Gasteiger partial charge on any atom is 0.224 e. The molecular formula is C18H24N2O3S. The maximum absolute atomic E-state index is 12.7. The summed E-state index contributed by atoms with van der Waals surface area (Å²) in [7, 11) is 0. The Morgan fingerprint density at radius 1 is 1.33 bits per heavy atom. The molecule has 0 bridgehead atoms.